The molecule has 6 heteroatoms. The van der Waals surface area contributed by atoms with Crippen LogP contribution in [-0.4, -0.2) is 14.8 Å². The molecule has 0 fully saturated rings. The number of rotatable bonds is 4. The monoisotopic (exact) mass is 363 g/mol. The Bertz CT molecular complexity index is 1130. The van der Waals surface area contributed by atoms with Crippen molar-refractivity contribution in [2.45, 2.75) is 17.8 Å². The number of hydrogen-bond donors (Lipinski definition) is 0. The number of benzene rings is 2. The quantitative estimate of drug-likeness (QED) is 0.402. The fraction of sp³-hybridized carbons (Fsp3) is 0.150. The van der Waals surface area contributed by atoms with E-state index in [2.05, 4.69) is 10.2 Å². The van der Waals surface area contributed by atoms with Crippen molar-refractivity contribution in [3.8, 4) is 11.4 Å². The highest BCUT2D eigenvalue weighted by molar-refractivity contribution is 7.98. The molecule has 0 saturated heterocycles. The van der Waals surface area contributed by atoms with Crippen molar-refractivity contribution < 1.29 is 4.42 Å². The number of nitrogens with zero attached hydrogens (tertiary/aromatic N) is 3. The molecule has 0 amide bonds. The minimum atomic E-state index is -0.332. The van der Waals surface area contributed by atoms with E-state index >= 15 is 0 Å². The number of hydrogen-bond acceptors (Lipinski definition) is 5. The predicted octanol–water partition coefficient (Wildman–Crippen LogP) is 4.19. The highest BCUT2D eigenvalue weighted by Gasteiger charge is 2.13. The number of aromatic nitrogens is 3. The second kappa shape index (κ2) is 6.80. The van der Waals surface area contributed by atoms with Gasteiger partial charge in [0, 0.05) is 29.8 Å². The first-order valence-corrected chi connectivity index (χ1v) is 9.21. The van der Waals surface area contributed by atoms with Gasteiger partial charge in [0.2, 0.25) is 0 Å². The minimum Gasteiger partial charge on any atom is -0.423 e. The molecule has 26 heavy (non-hydrogen) atoms. The van der Waals surface area contributed by atoms with Gasteiger partial charge in [0.25, 0.3) is 0 Å². The summed E-state index contributed by atoms with van der Waals surface area (Å²) in [5, 5.41) is 10.4. The van der Waals surface area contributed by atoms with E-state index < -0.39 is 0 Å². The van der Waals surface area contributed by atoms with E-state index in [1.54, 1.807) is 17.8 Å². The fourth-order valence-electron chi connectivity index (χ4n) is 2.88. The van der Waals surface area contributed by atoms with Crippen molar-refractivity contribution in [2.24, 2.45) is 7.05 Å². The molecule has 0 aliphatic heterocycles. The van der Waals surface area contributed by atoms with Gasteiger partial charge < -0.3 is 8.98 Å². The van der Waals surface area contributed by atoms with Gasteiger partial charge in [0.15, 0.2) is 11.0 Å². The molecule has 4 rings (SSSR count). The van der Waals surface area contributed by atoms with Crippen LogP contribution in [-0.2, 0) is 12.8 Å². The first-order valence-electron chi connectivity index (χ1n) is 8.23. The van der Waals surface area contributed by atoms with Crippen LogP contribution in [0.3, 0.4) is 0 Å². The molecular formula is C20H17N3O2S. The van der Waals surface area contributed by atoms with Crippen molar-refractivity contribution in [1.29, 1.82) is 0 Å². The van der Waals surface area contributed by atoms with Gasteiger partial charge in [-0.05, 0) is 24.1 Å². The van der Waals surface area contributed by atoms with Gasteiger partial charge in [-0.25, -0.2) is 4.79 Å². The van der Waals surface area contributed by atoms with Gasteiger partial charge in [-0.15, -0.1) is 10.2 Å². The fourth-order valence-corrected chi connectivity index (χ4v) is 3.78. The summed E-state index contributed by atoms with van der Waals surface area (Å²) in [6, 6.07) is 17.4. The molecule has 2 aromatic heterocycles. The normalized spacial score (nSPS) is 11.2. The summed E-state index contributed by atoms with van der Waals surface area (Å²) >= 11 is 1.55. The summed E-state index contributed by atoms with van der Waals surface area (Å²) in [5.74, 6) is 1.44. The smallest absolute Gasteiger partial charge is 0.336 e. The van der Waals surface area contributed by atoms with Gasteiger partial charge in [-0.3, -0.25) is 0 Å². The number of thioether (sulfide) groups is 1. The molecule has 2 heterocycles. The second-order valence-corrected chi connectivity index (χ2v) is 7.05. The minimum absolute atomic E-state index is 0.332. The SMILES string of the molecule is Cc1ccc2c(CSc3nnc(-c4ccccc4)n3C)cc(=O)oc2c1. The van der Waals surface area contributed by atoms with E-state index in [4.69, 9.17) is 4.42 Å². The number of fused-ring (bicyclic) bond motifs is 1. The van der Waals surface area contributed by atoms with Crippen LogP contribution in [0.5, 0.6) is 0 Å². The average molecular weight is 363 g/mol. The molecule has 0 N–H and O–H groups in total. The van der Waals surface area contributed by atoms with Crippen LogP contribution in [0.4, 0.5) is 0 Å². The Hall–Kier alpha value is -2.86. The predicted molar refractivity (Wildman–Crippen MR) is 103 cm³/mol. The van der Waals surface area contributed by atoms with Gasteiger partial charge >= 0.3 is 5.63 Å². The van der Waals surface area contributed by atoms with Crippen molar-refractivity contribution in [2.75, 3.05) is 0 Å². The van der Waals surface area contributed by atoms with Crippen molar-refractivity contribution in [3.05, 3.63) is 76.1 Å². The molecular weight excluding hydrogens is 346 g/mol. The summed E-state index contributed by atoms with van der Waals surface area (Å²) < 4.78 is 7.29. The van der Waals surface area contributed by atoms with Crippen LogP contribution in [0.15, 0.2) is 69.0 Å². The van der Waals surface area contributed by atoms with Crippen LogP contribution < -0.4 is 5.63 Å². The summed E-state index contributed by atoms with van der Waals surface area (Å²) in [4.78, 5) is 11.9. The molecule has 0 radical (unpaired) electrons. The molecule has 130 valence electrons. The van der Waals surface area contributed by atoms with Crippen LogP contribution in [0.25, 0.3) is 22.4 Å². The maximum absolute atomic E-state index is 11.9. The van der Waals surface area contributed by atoms with E-state index in [0.717, 1.165) is 33.1 Å². The first kappa shape index (κ1) is 16.6. The second-order valence-electron chi connectivity index (χ2n) is 6.11. The molecule has 0 atom stereocenters. The van der Waals surface area contributed by atoms with Gasteiger partial charge in [0.05, 0.1) is 0 Å². The molecule has 4 aromatic rings. The Balaban J connectivity index is 1.64. The largest absolute Gasteiger partial charge is 0.423 e. The van der Waals surface area contributed by atoms with Crippen LogP contribution in [0.2, 0.25) is 0 Å². The Morgan fingerprint density at radius 1 is 1.08 bits per heavy atom. The lowest BCUT2D eigenvalue weighted by atomic mass is 10.1. The molecule has 5 nitrogen and oxygen atoms in total. The zero-order valence-electron chi connectivity index (χ0n) is 14.5. The Labute approximate surface area is 154 Å². The van der Waals surface area contributed by atoms with Crippen molar-refractivity contribution in [1.82, 2.24) is 14.8 Å². The Morgan fingerprint density at radius 3 is 2.69 bits per heavy atom. The molecule has 0 unspecified atom stereocenters. The van der Waals surface area contributed by atoms with Gasteiger partial charge in [0.1, 0.15) is 5.58 Å². The maximum Gasteiger partial charge on any atom is 0.336 e. The third-order valence-corrected chi connectivity index (χ3v) is 5.28. The van der Waals surface area contributed by atoms with Crippen molar-refractivity contribution >= 4 is 22.7 Å². The third-order valence-electron chi connectivity index (χ3n) is 4.21. The summed E-state index contributed by atoms with van der Waals surface area (Å²) in [5.41, 5.74) is 3.31. The average Bonchev–Trinajstić information content (AvgIpc) is 3.00. The first-order chi connectivity index (χ1) is 12.6. The van der Waals surface area contributed by atoms with E-state index in [1.807, 2.05) is 67.1 Å². The third kappa shape index (κ3) is 3.15. The molecule has 0 saturated carbocycles. The van der Waals surface area contributed by atoms with E-state index in [0.29, 0.717) is 11.3 Å². The highest BCUT2D eigenvalue weighted by atomic mass is 32.2. The van der Waals surface area contributed by atoms with Crippen LogP contribution in [0, 0.1) is 6.92 Å². The Kier molecular flexibility index (Phi) is 4.34. The van der Waals surface area contributed by atoms with Gasteiger partial charge in [-0.2, -0.15) is 0 Å². The molecule has 0 aliphatic carbocycles. The molecule has 0 bridgehead atoms. The molecule has 2 aromatic carbocycles. The lowest BCUT2D eigenvalue weighted by Crippen LogP contribution is -2.01. The van der Waals surface area contributed by atoms with Crippen LogP contribution in [0.1, 0.15) is 11.1 Å². The van der Waals surface area contributed by atoms with E-state index in [-0.39, 0.29) is 5.63 Å². The zero-order valence-corrected chi connectivity index (χ0v) is 15.3. The zero-order chi connectivity index (χ0) is 18.1. The molecule has 0 aliphatic rings. The lowest BCUT2D eigenvalue weighted by molar-refractivity contribution is 0.559. The van der Waals surface area contributed by atoms with Crippen molar-refractivity contribution in [3.63, 3.8) is 0 Å². The summed E-state index contributed by atoms with van der Waals surface area (Å²) in [7, 11) is 1.95. The Morgan fingerprint density at radius 2 is 1.88 bits per heavy atom. The standard InChI is InChI=1S/C20H17N3O2S/c1-13-8-9-16-15(11-18(24)25-17(16)10-13)12-26-20-22-21-19(23(20)2)14-6-4-3-5-7-14/h3-11H,12H2,1-2H3. The topological polar surface area (TPSA) is 60.9 Å². The summed E-state index contributed by atoms with van der Waals surface area (Å²) in [6.45, 7) is 1.98. The maximum atomic E-state index is 11.9. The van der Waals surface area contributed by atoms with Gasteiger partial charge in [-0.1, -0.05) is 54.2 Å². The van der Waals surface area contributed by atoms with E-state index in [1.165, 1.54) is 0 Å². The lowest BCUT2D eigenvalue weighted by Gasteiger charge is -2.06. The van der Waals surface area contributed by atoms with Crippen LogP contribution >= 0.6 is 11.8 Å². The number of aryl methyl sites for hydroxylation is 1. The highest BCUT2D eigenvalue weighted by Crippen LogP contribution is 2.28. The molecule has 0 spiro atoms. The van der Waals surface area contributed by atoms with E-state index in [9.17, 15) is 4.79 Å². The summed E-state index contributed by atoms with van der Waals surface area (Å²) in [6.07, 6.45) is 0.